The van der Waals surface area contributed by atoms with Crippen molar-refractivity contribution >= 4 is 11.8 Å². The number of amides is 2. The molecule has 0 radical (unpaired) electrons. The minimum atomic E-state index is -0.491. The molecule has 27 heavy (non-hydrogen) atoms. The van der Waals surface area contributed by atoms with Gasteiger partial charge >= 0.3 is 0 Å². The Morgan fingerprint density at radius 1 is 1.07 bits per heavy atom. The van der Waals surface area contributed by atoms with Gasteiger partial charge in [-0.2, -0.15) is 0 Å². The first-order valence-electron chi connectivity index (χ1n) is 8.96. The number of nitrogens with zero attached hydrogens (tertiary/aromatic N) is 1. The van der Waals surface area contributed by atoms with E-state index in [0.717, 1.165) is 18.1 Å². The first kappa shape index (κ1) is 20.6. The Bertz CT molecular complexity index is 775. The first-order chi connectivity index (χ1) is 12.9. The van der Waals surface area contributed by atoms with Gasteiger partial charge in [-0.15, -0.1) is 0 Å². The molecule has 0 spiro atoms. The van der Waals surface area contributed by atoms with Crippen molar-refractivity contribution in [1.82, 2.24) is 15.5 Å². The van der Waals surface area contributed by atoms with Crippen molar-refractivity contribution in [2.45, 2.75) is 19.4 Å². The second-order valence-corrected chi connectivity index (χ2v) is 6.57. The molecule has 0 aliphatic carbocycles. The Morgan fingerprint density at radius 3 is 2.37 bits per heavy atom. The van der Waals surface area contributed by atoms with Gasteiger partial charge in [0.05, 0.1) is 12.6 Å². The molecule has 2 aromatic rings. The normalized spacial score (nSPS) is 11.9. The van der Waals surface area contributed by atoms with Crippen molar-refractivity contribution in [1.29, 1.82) is 0 Å². The summed E-state index contributed by atoms with van der Waals surface area (Å²) in [5.74, 6) is -1.27. The van der Waals surface area contributed by atoms with Gasteiger partial charge in [0.15, 0.2) is 0 Å². The number of hydrogen-bond donors (Lipinski definition) is 2. The molecule has 0 fully saturated rings. The summed E-state index contributed by atoms with van der Waals surface area (Å²) in [6, 6.07) is 13.7. The maximum absolute atomic E-state index is 13.2. The lowest BCUT2D eigenvalue weighted by Gasteiger charge is -2.25. The van der Waals surface area contributed by atoms with Crippen molar-refractivity contribution < 1.29 is 14.0 Å². The maximum Gasteiger partial charge on any atom is 0.251 e. The molecule has 0 aromatic heterocycles. The van der Waals surface area contributed by atoms with Crippen molar-refractivity contribution in [2.24, 2.45) is 0 Å². The fourth-order valence-electron chi connectivity index (χ4n) is 2.74. The summed E-state index contributed by atoms with van der Waals surface area (Å²) in [5.41, 5.74) is 2.56. The lowest BCUT2D eigenvalue weighted by atomic mass is 10.0. The number of rotatable bonds is 8. The fourth-order valence-corrected chi connectivity index (χ4v) is 2.74. The van der Waals surface area contributed by atoms with Crippen LogP contribution in [0.3, 0.4) is 0 Å². The highest BCUT2D eigenvalue weighted by Gasteiger charge is 2.16. The van der Waals surface area contributed by atoms with Crippen LogP contribution in [0.1, 0.15) is 34.5 Å². The number of aryl methyl sites for hydroxylation is 1. The van der Waals surface area contributed by atoms with Crippen LogP contribution in [0.25, 0.3) is 0 Å². The predicted molar refractivity (Wildman–Crippen MR) is 104 cm³/mol. The SMILES string of the molecule is CCc1ccc(C(CNC(=O)CNC(=O)c2cccc(F)c2)N(C)C)cc1. The van der Waals surface area contributed by atoms with Crippen LogP contribution < -0.4 is 10.6 Å². The third kappa shape index (κ3) is 6.18. The Morgan fingerprint density at radius 2 is 1.78 bits per heavy atom. The first-order valence-corrected chi connectivity index (χ1v) is 8.96. The number of nitrogens with one attached hydrogen (secondary N) is 2. The molecular formula is C21H26FN3O2. The minimum absolute atomic E-state index is 0.0266. The van der Waals surface area contributed by atoms with E-state index in [9.17, 15) is 14.0 Å². The summed E-state index contributed by atoms with van der Waals surface area (Å²) in [6.45, 7) is 2.37. The molecule has 0 saturated heterocycles. The lowest BCUT2D eigenvalue weighted by Crippen LogP contribution is -2.40. The van der Waals surface area contributed by atoms with Crippen molar-refractivity contribution in [3.8, 4) is 0 Å². The molecule has 2 N–H and O–H groups in total. The van der Waals surface area contributed by atoms with Crippen LogP contribution in [-0.2, 0) is 11.2 Å². The van der Waals surface area contributed by atoms with Crippen LogP contribution in [0, 0.1) is 5.82 Å². The summed E-state index contributed by atoms with van der Waals surface area (Å²) in [4.78, 5) is 26.1. The molecule has 6 heteroatoms. The molecule has 1 unspecified atom stereocenters. The van der Waals surface area contributed by atoms with E-state index in [1.165, 1.54) is 23.8 Å². The Hall–Kier alpha value is -2.73. The number of halogens is 1. The highest BCUT2D eigenvalue weighted by atomic mass is 19.1. The number of likely N-dealkylation sites (N-methyl/N-ethyl adjacent to an activating group) is 1. The van der Waals surface area contributed by atoms with Gasteiger partial charge in [-0.05, 0) is 49.8 Å². The van der Waals surface area contributed by atoms with E-state index in [2.05, 4.69) is 41.8 Å². The quantitative estimate of drug-likeness (QED) is 0.750. The molecule has 0 bridgehead atoms. The highest BCUT2D eigenvalue weighted by molar-refractivity contribution is 5.96. The van der Waals surface area contributed by atoms with E-state index >= 15 is 0 Å². The fraction of sp³-hybridized carbons (Fsp3) is 0.333. The molecule has 0 saturated carbocycles. The molecule has 2 amide bonds. The zero-order chi connectivity index (χ0) is 19.8. The number of carbonyl (C=O) groups is 2. The Kier molecular flexibility index (Phi) is 7.49. The molecule has 144 valence electrons. The average Bonchev–Trinajstić information content (AvgIpc) is 2.66. The second-order valence-electron chi connectivity index (χ2n) is 6.57. The smallest absolute Gasteiger partial charge is 0.251 e. The van der Waals surface area contributed by atoms with E-state index in [4.69, 9.17) is 0 Å². The number of benzene rings is 2. The van der Waals surface area contributed by atoms with Gasteiger partial charge in [0.25, 0.3) is 5.91 Å². The highest BCUT2D eigenvalue weighted by Crippen LogP contribution is 2.18. The topological polar surface area (TPSA) is 61.4 Å². The van der Waals surface area contributed by atoms with Gasteiger partial charge in [-0.25, -0.2) is 4.39 Å². The predicted octanol–water partition coefficient (Wildman–Crippen LogP) is 2.54. The standard InChI is InChI=1S/C21H26FN3O2/c1-4-15-8-10-16(11-9-15)19(25(2)3)13-23-20(26)14-24-21(27)17-6-5-7-18(22)12-17/h5-12,19H,4,13-14H2,1-3H3,(H,23,26)(H,24,27). The second kappa shape index (κ2) is 9.83. The zero-order valence-corrected chi connectivity index (χ0v) is 16.0. The zero-order valence-electron chi connectivity index (χ0n) is 16.0. The largest absolute Gasteiger partial charge is 0.353 e. The summed E-state index contributed by atoms with van der Waals surface area (Å²) in [5, 5.41) is 5.34. The van der Waals surface area contributed by atoms with Crippen LogP contribution >= 0.6 is 0 Å². The molecule has 0 aliphatic heterocycles. The Labute approximate surface area is 159 Å². The van der Waals surface area contributed by atoms with Crippen LogP contribution in [-0.4, -0.2) is 43.9 Å². The third-order valence-electron chi connectivity index (χ3n) is 4.38. The van der Waals surface area contributed by atoms with Crippen molar-refractivity contribution in [2.75, 3.05) is 27.2 Å². The molecular weight excluding hydrogens is 345 g/mol. The molecule has 0 heterocycles. The van der Waals surface area contributed by atoms with Crippen molar-refractivity contribution in [3.63, 3.8) is 0 Å². The lowest BCUT2D eigenvalue weighted by molar-refractivity contribution is -0.120. The van der Waals surface area contributed by atoms with Gasteiger partial charge in [-0.1, -0.05) is 37.3 Å². The van der Waals surface area contributed by atoms with E-state index in [0.29, 0.717) is 6.54 Å². The average molecular weight is 371 g/mol. The van der Waals surface area contributed by atoms with Gasteiger partial charge in [0.1, 0.15) is 5.82 Å². The summed E-state index contributed by atoms with van der Waals surface area (Å²) in [7, 11) is 3.91. The van der Waals surface area contributed by atoms with Crippen LogP contribution in [0.2, 0.25) is 0 Å². The van der Waals surface area contributed by atoms with Gasteiger partial charge < -0.3 is 15.5 Å². The third-order valence-corrected chi connectivity index (χ3v) is 4.38. The monoisotopic (exact) mass is 371 g/mol. The summed E-state index contributed by atoms with van der Waals surface area (Å²) < 4.78 is 13.2. The van der Waals surface area contributed by atoms with Crippen molar-refractivity contribution in [3.05, 3.63) is 71.0 Å². The molecule has 2 rings (SSSR count). The Balaban J connectivity index is 1.87. The van der Waals surface area contributed by atoms with Crippen LogP contribution in [0.4, 0.5) is 4.39 Å². The molecule has 2 aromatic carbocycles. The molecule has 0 aliphatic rings. The minimum Gasteiger partial charge on any atom is -0.353 e. The van der Waals surface area contributed by atoms with Gasteiger partial charge in [-0.3, -0.25) is 9.59 Å². The van der Waals surface area contributed by atoms with Crippen LogP contribution in [0.5, 0.6) is 0 Å². The van der Waals surface area contributed by atoms with E-state index < -0.39 is 11.7 Å². The molecule has 1 atom stereocenters. The van der Waals surface area contributed by atoms with E-state index in [-0.39, 0.29) is 24.1 Å². The van der Waals surface area contributed by atoms with Gasteiger partial charge in [0, 0.05) is 12.1 Å². The van der Waals surface area contributed by atoms with E-state index in [1.54, 1.807) is 0 Å². The molecule has 5 nitrogen and oxygen atoms in total. The number of carbonyl (C=O) groups excluding carboxylic acids is 2. The van der Waals surface area contributed by atoms with Gasteiger partial charge in [0.2, 0.25) is 5.91 Å². The summed E-state index contributed by atoms with van der Waals surface area (Å²) >= 11 is 0. The maximum atomic E-state index is 13.2. The summed E-state index contributed by atoms with van der Waals surface area (Å²) in [6.07, 6.45) is 0.981. The number of hydrogen-bond acceptors (Lipinski definition) is 3. The van der Waals surface area contributed by atoms with E-state index in [1.807, 2.05) is 19.0 Å². The van der Waals surface area contributed by atoms with Crippen LogP contribution in [0.15, 0.2) is 48.5 Å².